The molecule has 1 aliphatic rings. The second kappa shape index (κ2) is 6.24. The molecule has 2 nitrogen and oxygen atoms in total. The first-order valence-corrected chi connectivity index (χ1v) is 7.13. The summed E-state index contributed by atoms with van der Waals surface area (Å²) in [5, 5.41) is 3.75. The predicted octanol–water partition coefficient (Wildman–Crippen LogP) is 3.92. The summed E-state index contributed by atoms with van der Waals surface area (Å²) in [5.41, 5.74) is 1.26. The van der Waals surface area contributed by atoms with Crippen molar-refractivity contribution in [1.29, 1.82) is 0 Å². The highest BCUT2D eigenvalue weighted by molar-refractivity contribution is 5.35. The Bertz CT molecular complexity index is 377. The highest BCUT2D eigenvalue weighted by Gasteiger charge is 2.25. The lowest BCUT2D eigenvalue weighted by molar-refractivity contribution is 0.390. The van der Waals surface area contributed by atoms with Gasteiger partial charge in [0.2, 0.25) is 0 Å². The number of ether oxygens (including phenoxy) is 1. The van der Waals surface area contributed by atoms with Crippen LogP contribution >= 0.6 is 0 Å². The lowest BCUT2D eigenvalue weighted by atomic mass is 10.0. The Morgan fingerprint density at radius 1 is 1.33 bits per heavy atom. The summed E-state index contributed by atoms with van der Waals surface area (Å²) in [6.45, 7) is 4.54. The molecule has 0 heterocycles. The van der Waals surface area contributed by atoms with Gasteiger partial charge in [0.1, 0.15) is 5.75 Å². The SMILES string of the molecule is CCC1CCC(NC(C)c2ccccc2OC)C1. The van der Waals surface area contributed by atoms with Crippen LogP contribution in [0.2, 0.25) is 0 Å². The molecule has 1 saturated carbocycles. The normalized spacial score (nSPS) is 25.1. The van der Waals surface area contributed by atoms with Gasteiger partial charge in [-0.1, -0.05) is 31.5 Å². The summed E-state index contributed by atoms with van der Waals surface area (Å²) in [7, 11) is 1.74. The van der Waals surface area contributed by atoms with E-state index < -0.39 is 0 Å². The molecule has 1 aromatic rings. The van der Waals surface area contributed by atoms with Gasteiger partial charge in [-0.25, -0.2) is 0 Å². The molecule has 100 valence electrons. The zero-order valence-corrected chi connectivity index (χ0v) is 11.8. The monoisotopic (exact) mass is 247 g/mol. The maximum absolute atomic E-state index is 5.43. The zero-order chi connectivity index (χ0) is 13.0. The number of methoxy groups -OCH3 is 1. The minimum absolute atomic E-state index is 0.363. The summed E-state index contributed by atoms with van der Waals surface area (Å²) in [5.74, 6) is 1.91. The largest absolute Gasteiger partial charge is 0.496 e. The van der Waals surface area contributed by atoms with Crippen LogP contribution in [0.15, 0.2) is 24.3 Å². The Balaban J connectivity index is 1.97. The highest BCUT2D eigenvalue weighted by atomic mass is 16.5. The van der Waals surface area contributed by atoms with E-state index in [1.807, 2.05) is 12.1 Å². The van der Waals surface area contributed by atoms with Gasteiger partial charge in [-0.15, -0.1) is 0 Å². The minimum atomic E-state index is 0.363. The molecule has 0 bridgehead atoms. The van der Waals surface area contributed by atoms with E-state index >= 15 is 0 Å². The van der Waals surface area contributed by atoms with E-state index in [1.54, 1.807) is 7.11 Å². The Morgan fingerprint density at radius 3 is 2.78 bits per heavy atom. The fourth-order valence-electron chi connectivity index (χ4n) is 3.06. The standard InChI is InChI=1S/C16H25NO/c1-4-13-9-10-14(11-13)17-12(2)15-7-5-6-8-16(15)18-3/h5-8,12-14,17H,4,9-11H2,1-3H3. The molecule has 18 heavy (non-hydrogen) atoms. The quantitative estimate of drug-likeness (QED) is 0.851. The maximum Gasteiger partial charge on any atom is 0.123 e. The van der Waals surface area contributed by atoms with Crippen LogP contribution in [0.1, 0.15) is 51.1 Å². The summed E-state index contributed by atoms with van der Waals surface area (Å²) in [6.07, 6.45) is 5.35. The van der Waals surface area contributed by atoms with Crippen molar-refractivity contribution in [2.24, 2.45) is 5.92 Å². The third kappa shape index (κ3) is 3.05. The molecule has 1 fully saturated rings. The number of benzene rings is 1. The van der Waals surface area contributed by atoms with Crippen molar-refractivity contribution >= 4 is 0 Å². The Morgan fingerprint density at radius 2 is 2.11 bits per heavy atom. The van der Waals surface area contributed by atoms with E-state index in [4.69, 9.17) is 4.74 Å². The number of nitrogens with one attached hydrogen (secondary N) is 1. The van der Waals surface area contributed by atoms with Crippen LogP contribution in [0.25, 0.3) is 0 Å². The average Bonchev–Trinajstić information content (AvgIpc) is 2.86. The van der Waals surface area contributed by atoms with Gasteiger partial charge >= 0.3 is 0 Å². The molecule has 0 saturated heterocycles. The van der Waals surface area contributed by atoms with Crippen LogP contribution in [0.3, 0.4) is 0 Å². The highest BCUT2D eigenvalue weighted by Crippen LogP contribution is 2.31. The molecule has 1 N–H and O–H groups in total. The van der Waals surface area contributed by atoms with Gasteiger partial charge in [0, 0.05) is 17.6 Å². The van der Waals surface area contributed by atoms with Gasteiger partial charge in [0.05, 0.1) is 7.11 Å². The summed E-state index contributed by atoms with van der Waals surface area (Å²) in [6, 6.07) is 9.34. The van der Waals surface area contributed by atoms with E-state index in [9.17, 15) is 0 Å². The number of hydrogen-bond acceptors (Lipinski definition) is 2. The smallest absolute Gasteiger partial charge is 0.123 e. The fourth-order valence-corrected chi connectivity index (χ4v) is 3.06. The lowest BCUT2D eigenvalue weighted by Crippen LogP contribution is -2.29. The van der Waals surface area contributed by atoms with Crippen molar-refractivity contribution in [3.05, 3.63) is 29.8 Å². The molecule has 3 unspecified atom stereocenters. The summed E-state index contributed by atoms with van der Waals surface area (Å²) >= 11 is 0. The Hall–Kier alpha value is -1.02. The molecule has 3 atom stereocenters. The van der Waals surface area contributed by atoms with Crippen LogP contribution in [0, 0.1) is 5.92 Å². The van der Waals surface area contributed by atoms with E-state index in [-0.39, 0.29) is 0 Å². The molecule has 0 spiro atoms. The van der Waals surface area contributed by atoms with Crippen LogP contribution in [0.4, 0.5) is 0 Å². The van der Waals surface area contributed by atoms with Gasteiger partial charge in [-0.3, -0.25) is 0 Å². The number of para-hydroxylation sites is 1. The molecule has 1 aromatic carbocycles. The van der Waals surface area contributed by atoms with Crippen molar-refractivity contribution in [2.75, 3.05) is 7.11 Å². The van der Waals surface area contributed by atoms with Crippen LogP contribution in [-0.2, 0) is 0 Å². The van der Waals surface area contributed by atoms with Crippen molar-refractivity contribution in [3.8, 4) is 5.75 Å². The van der Waals surface area contributed by atoms with Crippen molar-refractivity contribution in [2.45, 2.75) is 51.6 Å². The molecule has 0 aliphatic heterocycles. The van der Waals surface area contributed by atoms with Gasteiger partial charge in [0.15, 0.2) is 0 Å². The first-order valence-electron chi connectivity index (χ1n) is 7.13. The first-order chi connectivity index (χ1) is 8.74. The van der Waals surface area contributed by atoms with Crippen LogP contribution in [-0.4, -0.2) is 13.2 Å². The molecule has 2 heteroatoms. The number of rotatable bonds is 5. The molecule has 0 amide bonds. The fraction of sp³-hybridized carbons (Fsp3) is 0.625. The van der Waals surface area contributed by atoms with Crippen LogP contribution in [0.5, 0.6) is 5.75 Å². The average molecular weight is 247 g/mol. The van der Waals surface area contributed by atoms with Crippen molar-refractivity contribution in [3.63, 3.8) is 0 Å². The van der Waals surface area contributed by atoms with Crippen molar-refractivity contribution < 1.29 is 4.74 Å². The van der Waals surface area contributed by atoms with Gasteiger partial charge < -0.3 is 10.1 Å². The van der Waals surface area contributed by atoms with E-state index in [0.29, 0.717) is 12.1 Å². The predicted molar refractivity (Wildman–Crippen MR) is 76.0 cm³/mol. The van der Waals surface area contributed by atoms with Gasteiger partial charge in [0.25, 0.3) is 0 Å². The topological polar surface area (TPSA) is 21.3 Å². The Labute approximate surface area is 111 Å². The third-order valence-corrected chi connectivity index (χ3v) is 4.21. The van der Waals surface area contributed by atoms with Crippen molar-refractivity contribution in [1.82, 2.24) is 5.32 Å². The van der Waals surface area contributed by atoms with E-state index in [2.05, 4.69) is 31.3 Å². The molecular weight excluding hydrogens is 222 g/mol. The van der Waals surface area contributed by atoms with Gasteiger partial charge in [-0.05, 0) is 38.2 Å². The lowest BCUT2D eigenvalue weighted by Gasteiger charge is -2.21. The Kier molecular flexibility index (Phi) is 4.65. The number of hydrogen-bond donors (Lipinski definition) is 1. The van der Waals surface area contributed by atoms with E-state index in [1.165, 1.54) is 31.2 Å². The summed E-state index contributed by atoms with van der Waals surface area (Å²) in [4.78, 5) is 0. The van der Waals surface area contributed by atoms with Crippen LogP contribution < -0.4 is 10.1 Å². The second-order valence-corrected chi connectivity index (χ2v) is 5.41. The molecular formula is C16H25NO. The molecule has 0 aromatic heterocycles. The van der Waals surface area contributed by atoms with E-state index in [0.717, 1.165) is 11.7 Å². The molecule has 0 radical (unpaired) electrons. The molecule has 2 rings (SSSR count). The molecule has 1 aliphatic carbocycles. The zero-order valence-electron chi connectivity index (χ0n) is 11.8. The van der Waals surface area contributed by atoms with Gasteiger partial charge in [-0.2, -0.15) is 0 Å². The minimum Gasteiger partial charge on any atom is -0.496 e. The third-order valence-electron chi connectivity index (χ3n) is 4.21. The maximum atomic E-state index is 5.43. The second-order valence-electron chi connectivity index (χ2n) is 5.41. The summed E-state index contributed by atoms with van der Waals surface area (Å²) < 4.78 is 5.43. The first kappa shape index (κ1) is 13.4.